The molecule has 0 heterocycles. The molecule has 1 unspecified atom stereocenters. The van der Waals surface area contributed by atoms with Crippen molar-refractivity contribution in [2.24, 2.45) is 11.7 Å². The summed E-state index contributed by atoms with van der Waals surface area (Å²) in [5.74, 6) is -0.109. The summed E-state index contributed by atoms with van der Waals surface area (Å²) in [6.07, 6.45) is -3.95. The normalized spacial score (nSPS) is 14.4. The molecule has 0 saturated heterocycles. The van der Waals surface area contributed by atoms with Gasteiger partial charge in [0.05, 0.1) is 17.1 Å². The summed E-state index contributed by atoms with van der Waals surface area (Å²) in [5.41, 5.74) is 5.11. The van der Waals surface area contributed by atoms with Gasteiger partial charge in [0.15, 0.2) is 9.84 Å². The van der Waals surface area contributed by atoms with Crippen molar-refractivity contribution in [1.29, 1.82) is 0 Å². The van der Waals surface area contributed by atoms with E-state index in [0.29, 0.717) is 6.42 Å². The Bertz CT molecular complexity index is 568. The molecule has 1 aromatic rings. The van der Waals surface area contributed by atoms with Crippen LogP contribution in [0.5, 0.6) is 0 Å². The van der Waals surface area contributed by atoms with Crippen molar-refractivity contribution in [3.63, 3.8) is 0 Å². The second kappa shape index (κ2) is 6.79. The van der Waals surface area contributed by atoms with Crippen LogP contribution in [0.15, 0.2) is 24.3 Å². The van der Waals surface area contributed by atoms with Gasteiger partial charge in [0, 0.05) is 6.04 Å². The van der Waals surface area contributed by atoms with E-state index in [1.165, 1.54) is 12.1 Å². The molecule has 0 aliphatic carbocycles. The molecule has 0 bridgehead atoms. The molecule has 2 N–H and O–H groups in total. The number of benzene rings is 1. The molecule has 1 atom stereocenters. The van der Waals surface area contributed by atoms with Crippen LogP contribution in [-0.2, 0) is 16.0 Å². The number of rotatable bonds is 6. The Morgan fingerprint density at radius 3 is 2.38 bits per heavy atom. The van der Waals surface area contributed by atoms with E-state index >= 15 is 0 Å². The maximum Gasteiger partial charge on any atom is 0.416 e. The van der Waals surface area contributed by atoms with Gasteiger partial charge in [-0.1, -0.05) is 26.0 Å². The quantitative estimate of drug-likeness (QED) is 0.875. The third-order valence-electron chi connectivity index (χ3n) is 3.08. The zero-order valence-electron chi connectivity index (χ0n) is 12.0. The molecule has 120 valence electrons. The summed E-state index contributed by atoms with van der Waals surface area (Å²) < 4.78 is 61.7. The van der Waals surface area contributed by atoms with Crippen LogP contribution in [0.1, 0.15) is 37.4 Å². The highest BCUT2D eigenvalue weighted by Gasteiger charge is 2.31. The summed E-state index contributed by atoms with van der Waals surface area (Å²) in [6.45, 7) is 3.81. The van der Waals surface area contributed by atoms with Crippen LogP contribution in [0.4, 0.5) is 13.2 Å². The molecular formula is C14H20F3NO2S. The molecule has 21 heavy (non-hydrogen) atoms. The summed E-state index contributed by atoms with van der Waals surface area (Å²) >= 11 is 0. The van der Waals surface area contributed by atoms with Crippen molar-refractivity contribution < 1.29 is 21.6 Å². The van der Waals surface area contributed by atoms with Gasteiger partial charge < -0.3 is 5.73 Å². The third-order valence-corrected chi connectivity index (χ3v) is 4.81. The van der Waals surface area contributed by atoms with Gasteiger partial charge in [0.25, 0.3) is 0 Å². The highest BCUT2D eigenvalue weighted by atomic mass is 32.2. The second-order valence-electron chi connectivity index (χ2n) is 5.53. The number of hydrogen-bond acceptors (Lipinski definition) is 3. The van der Waals surface area contributed by atoms with Crippen LogP contribution >= 0.6 is 0 Å². The largest absolute Gasteiger partial charge is 0.416 e. The summed E-state index contributed by atoms with van der Waals surface area (Å²) in [5, 5.41) is 0. The lowest BCUT2D eigenvalue weighted by Gasteiger charge is -2.15. The molecule has 0 aromatic heterocycles. The fourth-order valence-corrected chi connectivity index (χ4v) is 3.55. The number of hydrogen-bond donors (Lipinski definition) is 1. The lowest BCUT2D eigenvalue weighted by molar-refractivity contribution is -0.137. The smallest absolute Gasteiger partial charge is 0.323 e. The lowest BCUT2D eigenvalue weighted by atomic mass is 10.1. The maximum atomic E-state index is 12.6. The van der Waals surface area contributed by atoms with Crippen molar-refractivity contribution in [3.05, 3.63) is 35.4 Å². The first-order chi connectivity index (χ1) is 9.51. The molecule has 7 heteroatoms. The van der Waals surface area contributed by atoms with Crippen LogP contribution in [0, 0.1) is 5.92 Å². The predicted octanol–water partition coefficient (Wildman–Crippen LogP) is 3.17. The van der Waals surface area contributed by atoms with Gasteiger partial charge >= 0.3 is 6.18 Å². The number of nitrogens with two attached hydrogens (primary N) is 1. The number of halogens is 3. The summed E-state index contributed by atoms with van der Waals surface area (Å²) in [7, 11) is -3.38. The molecular weight excluding hydrogens is 303 g/mol. The van der Waals surface area contributed by atoms with Gasteiger partial charge in [-0.3, -0.25) is 0 Å². The molecule has 0 radical (unpaired) electrons. The number of alkyl halides is 3. The average Bonchev–Trinajstić information content (AvgIpc) is 2.35. The Morgan fingerprint density at radius 1 is 1.24 bits per heavy atom. The molecule has 0 amide bonds. The first kappa shape index (κ1) is 18.0. The second-order valence-corrected chi connectivity index (χ2v) is 7.76. The zero-order chi connectivity index (χ0) is 16.3. The van der Waals surface area contributed by atoms with E-state index in [1.807, 2.05) is 13.8 Å². The highest BCUT2D eigenvalue weighted by molar-refractivity contribution is 7.91. The molecule has 0 fully saturated rings. The molecule has 3 nitrogen and oxygen atoms in total. The molecule has 0 spiro atoms. The standard InChI is InChI=1S/C14H20F3NO2S/c1-10(2)6-7-21(19,20)9-13(18)11-4-3-5-12(8-11)14(15,16)17/h3-5,8,10,13H,6-7,9,18H2,1-2H3. The van der Waals surface area contributed by atoms with Gasteiger partial charge in [-0.2, -0.15) is 13.2 Å². The molecule has 1 aromatic carbocycles. The lowest BCUT2D eigenvalue weighted by Crippen LogP contribution is -2.24. The van der Waals surface area contributed by atoms with E-state index in [-0.39, 0.29) is 23.0 Å². The van der Waals surface area contributed by atoms with Gasteiger partial charge in [0.2, 0.25) is 0 Å². The molecule has 0 saturated carbocycles. The summed E-state index contributed by atoms with van der Waals surface area (Å²) in [6, 6.07) is 3.53. The van der Waals surface area contributed by atoms with Gasteiger partial charge in [-0.25, -0.2) is 8.42 Å². The minimum atomic E-state index is -4.47. The van der Waals surface area contributed by atoms with Crippen LogP contribution in [-0.4, -0.2) is 19.9 Å². The maximum absolute atomic E-state index is 12.6. The van der Waals surface area contributed by atoms with Gasteiger partial charge in [-0.05, 0) is 30.0 Å². The van der Waals surface area contributed by atoms with E-state index in [4.69, 9.17) is 5.73 Å². The van der Waals surface area contributed by atoms with Crippen molar-refractivity contribution in [2.45, 2.75) is 32.5 Å². The molecule has 1 rings (SSSR count). The highest BCUT2D eigenvalue weighted by Crippen LogP contribution is 2.30. The fourth-order valence-electron chi connectivity index (χ4n) is 1.81. The number of sulfone groups is 1. The third kappa shape index (κ3) is 6.05. The minimum absolute atomic E-state index is 0.00265. The minimum Gasteiger partial charge on any atom is -0.323 e. The Morgan fingerprint density at radius 2 is 1.86 bits per heavy atom. The van der Waals surface area contributed by atoms with Crippen molar-refractivity contribution in [2.75, 3.05) is 11.5 Å². The first-order valence-electron chi connectivity index (χ1n) is 6.64. The van der Waals surface area contributed by atoms with Crippen LogP contribution in [0.2, 0.25) is 0 Å². The Hall–Kier alpha value is -1.08. The SMILES string of the molecule is CC(C)CCS(=O)(=O)CC(N)c1cccc(C(F)(F)F)c1. The van der Waals surface area contributed by atoms with E-state index in [1.54, 1.807) is 0 Å². The van der Waals surface area contributed by atoms with Crippen LogP contribution in [0.25, 0.3) is 0 Å². The van der Waals surface area contributed by atoms with Crippen LogP contribution in [0.3, 0.4) is 0 Å². The van der Waals surface area contributed by atoms with Gasteiger partial charge in [-0.15, -0.1) is 0 Å². The van der Waals surface area contributed by atoms with E-state index in [0.717, 1.165) is 12.1 Å². The van der Waals surface area contributed by atoms with Crippen LogP contribution < -0.4 is 5.73 Å². The Balaban J connectivity index is 2.82. The van der Waals surface area contributed by atoms with Crippen molar-refractivity contribution >= 4 is 9.84 Å². The van der Waals surface area contributed by atoms with E-state index < -0.39 is 27.6 Å². The zero-order valence-corrected chi connectivity index (χ0v) is 12.8. The first-order valence-corrected chi connectivity index (χ1v) is 8.46. The van der Waals surface area contributed by atoms with E-state index in [2.05, 4.69) is 0 Å². The Kier molecular flexibility index (Phi) is 5.81. The molecule has 0 aliphatic heterocycles. The van der Waals surface area contributed by atoms with E-state index in [9.17, 15) is 21.6 Å². The summed E-state index contributed by atoms with van der Waals surface area (Å²) in [4.78, 5) is 0. The van der Waals surface area contributed by atoms with Crippen molar-refractivity contribution in [3.8, 4) is 0 Å². The van der Waals surface area contributed by atoms with Crippen molar-refractivity contribution in [1.82, 2.24) is 0 Å². The average molecular weight is 323 g/mol. The predicted molar refractivity (Wildman–Crippen MR) is 76.5 cm³/mol. The fraction of sp³-hybridized carbons (Fsp3) is 0.571. The topological polar surface area (TPSA) is 60.2 Å². The monoisotopic (exact) mass is 323 g/mol. The molecule has 0 aliphatic rings. The Labute approximate surface area is 123 Å². The van der Waals surface area contributed by atoms with Gasteiger partial charge in [0.1, 0.15) is 0 Å².